The van der Waals surface area contributed by atoms with Gasteiger partial charge in [-0.15, -0.1) is 0 Å². The molecule has 0 atom stereocenters. The molecule has 0 aromatic heterocycles. The first-order valence-electron chi connectivity index (χ1n) is 9.25. The number of rotatable bonds is 8. The van der Waals surface area contributed by atoms with Crippen LogP contribution in [0.25, 0.3) is 0 Å². The van der Waals surface area contributed by atoms with Crippen molar-refractivity contribution in [2.24, 2.45) is 4.99 Å². The zero-order valence-corrected chi connectivity index (χ0v) is 18.4. The Labute approximate surface area is 173 Å². The Morgan fingerprint density at radius 3 is 2.34 bits per heavy atom. The standard InChI is InChI=1S/C22H28N2O4S/c1-22(2,18-10-12-19(13-11-18)29(26,27)15-14-23-3)21(25)24(4)16-17-8-6-7-9-20(17)28-5/h6-14H,15-16H2,1-5H3. The molecular formula is C22H28N2O4S. The molecule has 0 saturated heterocycles. The number of para-hydroxylation sites is 1. The molecule has 156 valence electrons. The second-order valence-corrected chi connectivity index (χ2v) is 9.38. The molecule has 6 nitrogen and oxygen atoms in total. The topological polar surface area (TPSA) is 76.0 Å². The maximum Gasteiger partial charge on any atom is 0.232 e. The van der Waals surface area contributed by atoms with E-state index >= 15 is 0 Å². The number of benzene rings is 2. The van der Waals surface area contributed by atoms with Gasteiger partial charge in [0.2, 0.25) is 5.91 Å². The third-order valence-corrected chi connectivity index (χ3v) is 6.47. The quantitative estimate of drug-likeness (QED) is 0.620. The summed E-state index contributed by atoms with van der Waals surface area (Å²) in [5, 5.41) is 0. The van der Waals surface area contributed by atoms with Crippen molar-refractivity contribution in [3.05, 3.63) is 59.7 Å². The fraction of sp³-hybridized carbons (Fsp3) is 0.364. The highest BCUT2D eigenvalue weighted by atomic mass is 32.2. The minimum Gasteiger partial charge on any atom is -0.496 e. The summed E-state index contributed by atoms with van der Waals surface area (Å²) in [5.41, 5.74) is 0.849. The summed E-state index contributed by atoms with van der Waals surface area (Å²) >= 11 is 0. The van der Waals surface area contributed by atoms with Crippen LogP contribution in [0.2, 0.25) is 0 Å². The SMILES string of the molecule is CN=CCS(=O)(=O)c1ccc(C(C)(C)C(=O)N(C)Cc2ccccc2OC)cc1. The number of ether oxygens (including phenoxy) is 1. The predicted molar refractivity (Wildman–Crippen MR) is 115 cm³/mol. The fourth-order valence-corrected chi connectivity index (χ4v) is 4.20. The fourth-order valence-electron chi connectivity index (χ4n) is 3.11. The van der Waals surface area contributed by atoms with Gasteiger partial charge < -0.3 is 9.64 Å². The number of hydrogen-bond donors (Lipinski definition) is 0. The van der Waals surface area contributed by atoms with Crippen molar-refractivity contribution in [3.63, 3.8) is 0 Å². The van der Waals surface area contributed by atoms with E-state index in [4.69, 9.17) is 4.74 Å². The lowest BCUT2D eigenvalue weighted by Crippen LogP contribution is -2.41. The first kappa shape index (κ1) is 22.6. The third kappa shape index (κ3) is 5.23. The minimum atomic E-state index is -3.43. The van der Waals surface area contributed by atoms with Crippen LogP contribution in [0.4, 0.5) is 0 Å². The molecule has 2 aromatic carbocycles. The van der Waals surface area contributed by atoms with Crippen molar-refractivity contribution >= 4 is 22.0 Å². The maximum absolute atomic E-state index is 13.1. The van der Waals surface area contributed by atoms with Gasteiger partial charge in [0.1, 0.15) is 5.75 Å². The molecule has 0 fully saturated rings. The summed E-state index contributed by atoms with van der Waals surface area (Å²) in [6, 6.07) is 14.1. The van der Waals surface area contributed by atoms with E-state index in [-0.39, 0.29) is 16.6 Å². The van der Waals surface area contributed by atoms with Gasteiger partial charge in [0.15, 0.2) is 9.84 Å². The van der Waals surface area contributed by atoms with Gasteiger partial charge in [-0.3, -0.25) is 9.79 Å². The smallest absolute Gasteiger partial charge is 0.232 e. The molecule has 29 heavy (non-hydrogen) atoms. The molecular weight excluding hydrogens is 388 g/mol. The first-order valence-corrected chi connectivity index (χ1v) is 10.9. The summed E-state index contributed by atoms with van der Waals surface area (Å²) in [4.78, 5) is 18.7. The zero-order valence-electron chi connectivity index (χ0n) is 17.5. The van der Waals surface area contributed by atoms with Gasteiger partial charge in [0, 0.05) is 32.4 Å². The molecule has 0 heterocycles. The van der Waals surface area contributed by atoms with Crippen LogP contribution < -0.4 is 4.74 Å². The number of likely N-dealkylation sites (N-methyl/N-ethyl adjacent to an activating group) is 1. The lowest BCUT2D eigenvalue weighted by molar-refractivity contribution is -0.135. The summed E-state index contributed by atoms with van der Waals surface area (Å²) in [6.45, 7) is 4.08. The van der Waals surface area contributed by atoms with E-state index in [1.807, 2.05) is 38.1 Å². The van der Waals surface area contributed by atoms with E-state index < -0.39 is 15.3 Å². The molecule has 1 amide bonds. The average molecular weight is 417 g/mol. The molecule has 7 heteroatoms. The maximum atomic E-state index is 13.1. The van der Waals surface area contributed by atoms with Crippen molar-refractivity contribution in [1.29, 1.82) is 0 Å². The third-order valence-electron chi connectivity index (χ3n) is 4.89. The lowest BCUT2D eigenvalue weighted by Gasteiger charge is -2.30. The van der Waals surface area contributed by atoms with Gasteiger partial charge in [-0.05, 0) is 37.6 Å². The van der Waals surface area contributed by atoms with Gasteiger partial charge in [-0.1, -0.05) is 30.3 Å². The number of hydrogen-bond acceptors (Lipinski definition) is 5. The minimum absolute atomic E-state index is 0.0721. The van der Waals surface area contributed by atoms with Crippen LogP contribution in [0.15, 0.2) is 58.4 Å². The van der Waals surface area contributed by atoms with Gasteiger partial charge in [0.25, 0.3) is 0 Å². The van der Waals surface area contributed by atoms with Crippen molar-refractivity contribution in [2.75, 3.05) is 27.0 Å². The molecule has 0 aliphatic rings. The first-order chi connectivity index (χ1) is 13.6. The summed E-state index contributed by atoms with van der Waals surface area (Å²) in [5.74, 6) is 0.513. The lowest BCUT2D eigenvalue weighted by atomic mass is 9.83. The molecule has 0 bridgehead atoms. The monoisotopic (exact) mass is 416 g/mol. The van der Waals surface area contributed by atoms with Crippen LogP contribution in [0, 0.1) is 0 Å². The Hall–Kier alpha value is -2.67. The molecule has 0 aliphatic heterocycles. The van der Waals surface area contributed by atoms with E-state index in [0.29, 0.717) is 6.54 Å². The number of aliphatic imine (C=N–C) groups is 1. The van der Waals surface area contributed by atoms with Crippen molar-refractivity contribution in [3.8, 4) is 5.75 Å². The second kappa shape index (κ2) is 9.22. The highest BCUT2D eigenvalue weighted by Crippen LogP contribution is 2.28. The van der Waals surface area contributed by atoms with Gasteiger partial charge in [-0.25, -0.2) is 8.42 Å². The van der Waals surface area contributed by atoms with Crippen molar-refractivity contribution < 1.29 is 17.9 Å². The van der Waals surface area contributed by atoms with Crippen molar-refractivity contribution in [2.45, 2.75) is 30.7 Å². The van der Waals surface area contributed by atoms with Crippen LogP contribution in [0.3, 0.4) is 0 Å². The number of sulfone groups is 1. The summed E-state index contributed by atoms with van der Waals surface area (Å²) in [6.07, 6.45) is 1.36. The Bertz CT molecular complexity index is 980. The number of carbonyl (C=O) groups is 1. The van der Waals surface area contributed by atoms with Crippen LogP contribution in [-0.4, -0.2) is 52.4 Å². The largest absolute Gasteiger partial charge is 0.496 e. The van der Waals surface area contributed by atoms with Crippen LogP contribution in [0.1, 0.15) is 25.0 Å². The van der Waals surface area contributed by atoms with Gasteiger partial charge in [0.05, 0.1) is 23.2 Å². The molecule has 0 radical (unpaired) electrons. The number of amides is 1. The Balaban J connectivity index is 2.21. The highest BCUT2D eigenvalue weighted by Gasteiger charge is 2.33. The normalized spacial score (nSPS) is 12.2. The average Bonchev–Trinajstić information content (AvgIpc) is 2.72. The molecule has 0 unspecified atom stereocenters. The molecule has 2 rings (SSSR count). The highest BCUT2D eigenvalue weighted by molar-refractivity contribution is 7.92. The summed E-state index contributed by atoms with van der Waals surface area (Å²) < 4.78 is 29.9. The summed E-state index contributed by atoms with van der Waals surface area (Å²) in [7, 11) is 1.46. The van der Waals surface area contributed by atoms with E-state index in [9.17, 15) is 13.2 Å². The van der Waals surface area contributed by atoms with Crippen molar-refractivity contribution in [1.82, 2.24) is 4.90 Å². The second-order valence-electron chi connectivity index (χ2n) is 7.34. The van der Waals surface area contributed by atoms with Crippen LogP contribution in [-0.2, 0) is 26.6 Å². The van der Waals surface area contributed by atoms with Gasteiger partial charge in [-0.2, -0.15) is 0 Å². The molecule has 0 N–H and O–H groups in total. The Kier molecular flexibility index (Phi) is 7.19. The van der Waals surface area contributed by atoms with E-state index in [1.54, 1.807) is 43.3 Å². The van der Waals surface area contributed by atoms with Crippen LogP contribution in [0.5, 0.6) is 5.75 Å². The number of methoxy groups -OCH3 is 1. The molecule has 0 spiro atoms. The van der Waals surface area contributed by atoms with E-state index in [0.717, 1.165) is 16.9 Å². The number of nitrogens with zero attached hydrogens (tertiary/aromatic N) is 2. The number of carbonyl (C=O) groups excluding carboxylic acids is 1. The Morgan fingerprint density at radius 1 is 1.14 bits per heavy atom. The predicted octanol–water partition coefficient (Wildman–Crippen LogP) is 3.11. The van der Waals surface area contributed by atoms with E-state index in [2.05, 4.69) is 4.99 Å². The molecule has 2 aromatic rings. The van der Waals surface area contributed by atoms with Crippen LogP contribution >= 0.6 is 0 Å². The molecule has 0 aliphatic carbocycles. The molecule has 0 saturated carbocycles. The van der Waals surface area contributed by atoms with E-state index in [1.165, 1.54) is 13.3 Å². The Morgan fingerprint density at radius 2 is 1.76 bits per heavy atom. The van der Waals surface area contributed by atoms with Gasteiger partial charge >= 0.3 is 0 Å². The zero-order chi connectivity index (χ0) is 21.7.